The van der Waals surface area contributed by atoms with Crippen molar-refractivity contribution in [3.05, 3.63) is 35.9 Å². The maximum absolute atomic E-state index is 8.90. The molecule has 2 aromatic rings. The number of benzene rings is 1. The molecule has 1 heterocycles. The molecule has 0 radical (unpaired) electrons. The van der Waals surface area contributed by atoms with Crippen LogP contribution in [0.4, 0.5) is 17.8 Å². The van der Waals surface area contributed by atoms with E-state index in [0.717, 1.165) is 5.56 Å². The maximum atomic E-state index is 8.90. The van der Waals surface area contributed by atoms with E-state index >= 15 is 0 Å². The number of aliphatic hydroxyl groups is 1. The average molecular weight is 302 g/mol. The maximum Gasteiger partial charge on any atom is 0.229 e. The van der Waals surface area contributed by atoms with Crippen molar-refractivity contribution in [3.63, 3.8) is 0 Å². The summed E-state index contributed by atoms with van der Waals surface area (Å²) >= 11 is 0. The molecule has 0 aliphatic carbocycles. The first-order valence-electron chi connectivity index (χ1n) is 7.32. The number of hydrogen-bond acceptors (Lipinski definition) is 7. The lowest BCUT2D eigenvalue weighted by Crippen LogP contribution is -2.17. The third-order valence-corrected chi connectivity index (χ3v) is 2.74. The molecule has 0 aliphatic heterocycles. The van der Waals surface area contributed by atoms with E-state index in [1.165, 1.54) is 0 Å². The van der Waals surface area contributed by atoms with E-state index in [1.807, 2.05) is 44.2 Å². The number of hydrogen-bond donors (Lipinski definition) is 4. The fraction of sp³-hybridized carbons (Fsp3) is 0.400. The van der Waals surface area contributed by atoms with Crippen molar-refractivity contribution < 1.29 is 5.11 Å². The van der Waals surface area contributed by atoms with Crippen LogP contribution >= 0.6 is 0 Å². The summed E-state index contributed by atoms with van der Waals surface area (Å²) in [4.78, 5) is 12.9. The van der Waals surface area contributed by atoms with Crippen molar-refractivity contribution >= 4 is 17.8 Å². The third-order valence-electron chi connectivity index (χ3n) is 2.74. The normalized spacial score (nSPS) is 10.5. The molecule has 0 amide bonds. The lowest BCUT2D eigenvalue weighted by atomic mass is 10.2. The summed E-state index contributed by atoms with van der Waals surface area (Å²) in [5, 5.41) is 18.2. The molecule has 2 rings (SSSR count). The van der Waals surface area contributed by atoms with Gasteiger partial charge >= 0.3 is 0 Å². The van der Waals surface area contributed by atoms with Gasteiger partial charge in [-0.15, -0.1) is 0 Å². The summed E-state index contributed by atoms with van der Waals surface area (Å²) in [5.74, 6) is 1.42. The predicted molar refractivity (Wildman–Crippen MR) is 87.9 cm³/mol. The largest absolute Gasteiger partial charge is 0.395 e. The predicted octanol–water partition coefficient (Wildman–Crippen LogP) is 1.71. The average Bonchev–Trinajstić information content (AvgIpc) is 2.51. The Morgan fingerprint density at radius 1 is 0.955 bits per heavy atom. The Kier molecular flexibility index (Phi) is 5.91. The molecule has 0 aliphatic rings. The third kappa shape index (κ3) is 5.17. The minimum absolute atomic E-state index is 0.0192. The molecule has 22 heavy (non-hydrogen) atoms. The van der Waals surface area contributed by atoms with Crippen molar-refractivity contribution in [2.75, 3.05) is 29.1 Å². The van der Waals surface area contributed by atoms with Gasteiger partial charge in [0.1, 0.15) is 0 Å². The van der Waals surface area contributed by atoms with Gasteiger partial charge in [-0.1, -0.05) is 30.3 Å². The van der Waals surface area contributed by atoms with Gasteiger partial charge in [0.2, 0.25) is 17.8 Å². The van der Waals surface area contributed by atoms with Crippen molar-refractivity contribution in [1.29, 1.82) is 0 Å². The molecule has 4 N–H and O–H groups in total. The summed E-state index contributed by atoms with van der Waals surface area (Å²) in [6.07, 6.45) is 0. The monoisotopic (exact) mass is 302 g/mol. The summed E-state index contributed by atoms with van der Waals surface area (Å²) in [6.45, 7) is 5.07. The minimum Gasteiger partial charge on any atom is -0.395 e. The van der Waals surface area contributed by atoms with Crippen LogP contribution in [0, 0.1) is 0 Å². The molecule has 7 heteroatoms. The molecular formula is C15H22N6O. The second-order valence-corrected chi connectivity index (χ2v) is 5.09. The van der Waals surface area contributed by atoms with Crippen molar-refractivity contribution in [2.24, 2.45) is 0 Å². The van der Waals surface area contributed by atoms with Crippen LogP contribution in [0.15, 0.2) is 30.3 Å². The lowest BCUT2D eigenvalue weighted by molar-refractivity contribution is 0.311. The topological polar surface area (TPSA) is 95.0 Å². The molecular weight excluding hydrogens is 280 g/mol. The van der Waals surface area contributed by atoms with Gasteiger partial charge in [0.25, 0.3) is 0 Å². The number of nitrogens with one attached hydrogen (secondary N) is 3. The lowest BCUT2D eigenvalue weighted by Gasteiger charge is -2.12. The summed E-state index contributed by atoms with van der Waals surface area (Å²) in [6, 6.07) is 10.2. The quantitative estimate of drug-likeness (QED) is 0.589. The van der Waals surface area contributed by atoms with Crippen molar-refractivity contribution in [3.8, 4) is 0 Å². The van der Waals surface area contributed by atoms with Gasteiger partial charge in [0.05, 0.1) is 6.61 Å². The van der Waals surface area contributed by atoms with E-state index < -0.39 is 0 Å². The highest BCUT2D eigenvalue weighted by Gasteiger charge is 2.07. The van der Waals surface area contributed by atoms with Crippen LogP contribution in [0.25, 0.3) is 0 Å². The van der Waals surface area contributed by atoms with E-state index in [1.54, 1.807) is 0 Å². The highest BCUT2D eigenvalue weighted by Crippen LogP contribution is 2.11. The molecule has 0 bridgehead atoms. The van der Waals surface area contributed by atoms with Crippen LogP contribution in [-0.2, 0) is 6.54 Å². The summed E-state index contributed by atoms with van der Waals surface area (Å²) in [7, 11) is 0. The van der Waals surface area contributed by atoms with Gasteiger partial charge < -0.3 is 21.1 Å². The van der Waals surface area contributed by atoms with E-state index in [2.05, 4.69) is 30.9 Å². The van der Waals surface area contributed by atoms with Gasteiger partial charge in [-0.3, -0.25) is 0 Å². The molecule has 0 unspecified atom stereocenters. The van der Waals surface area contributed by atoms with Gasteiger partial charge in [-0.2, -0.15) is 15.0 Å². The first-order valence-corrected chi connectivity index (χ1v) is 7.32. The Labute approximate surface area is 130 Å². The van der Waals surface area contributed by atoms with Crippen molar-refractivity contribution in [2.45, 2.75) is 26.4 Å². The Hall–Kier alpha value is -2.41. The second-order valence-electron chi connectivity index (χ2n) is 5.09. The van der Waals surface area contributed by atoms with E-state index in [4.69, 9.17) is 5.11 Å². The molecule has 7 nitrogen and oxygen atoms in total. The van der Waals surface area contributed by atoms with E-state index in [9.17, 15) is 0 Å². The second kappa shape index (κ2) is 8.14. The minimum atomic E-state index is 0.0192. The Morgan fingerprint density at radius 2 is 1.59 bits per heavy atom. The van der Waals surface area contributed by atoms with Crippen LogP contribution in [0.1, 0.15) is 19.4 Å². The summed E-state index contributed by atoms with van der Waals surface area (Å²) < 4.78 is 0. The Bertz CT molecular complexity index is 576. The number of rotatable bonds is 8. The van der Waals surface area contributed by atoms with Gasteiger partial charge in [-0.25, -0.2) is 0 Å². The molecule has 0 saturated heterocycles. The van der Waals surface area contributed by atoms with Crippen LogP contribution < -0.4 is 16.0 Å². The fourth-order valence-electron chi connectivity index (χ4n) is 1.80. The molecule has 0 spiro atoms. The highest BCUT2D eigenvalue weighted by atomic mass is 16.3. The SMILES string of the molecule is CC(C)Nc1nc(NCCO)nc(NCc2ccccc2)n1. The molecule has 1 aromatic carbocycles. The van der Waals surface area contributed by atoms with Gasteiger partial charge in [0, 0.05) is 19.1 Å². The van der Waals surface area contributed by atoms with Crippen LogP contribution in [0.2, 0.25) is 0 Å². The highest BCUT2D eigenvalue weighted by molar-refractivity contribution is 5.42. The van der Waals surface area contributed by atoms with Gasteiger partial charge in [-0.05, 0) is 19.4 Å². The molecule has 0 fully saturated rings. The first kappa shape index (κ1) is 16.0. The first-order chi connectivity index (χ1) is 10.7. The summed E-state index contributed by atoms with van der Waals surface area (Å²) in [5.41, 5.74) is 1.14. The Balaban J connectivity index is 2.10. The number of aromatic nitrogens is 3. The zero-order chi connectivity index (χ0) is 15.8. The number of nitrogens with zero attached hydrogens (tertiary/aromatic N) is 3. The van der Waals surface area contributed by atoms with Crippen LogP contribution in [-0.4, -0.2) is 39.3 Å². The molecule has 0 saturated carbocycles. The van der Waals surface area contributed by atoms with Gasteiger partial charge in [0.15, 0.2) is 0 Å². The standard InChI is InChI=1S/C15H22N6O/c1-11(2)18-15-20-13(16-8-9-22)19-14(21-15)17-10-12-6-4-3-5-7-12/h3-7,11,22H,8-10H2,1-2H3,(H3,16,17,18,19,20,21). The zero-order valence-corrected chi connectivity index (χ0v) is 12.9. The molecule has 1 aromatic heterocycles. The van der Waals surface area contributed by atoms with E-state index in [-0.39, 0.29) is 12.6 Å². The number of anilines is 3. The molecule has 118 valence electrons. The smallest absolute Gasteiger partial charge is 0.229 e. The van der Waals surface area contributed by atoms with Crippen molar-refractivity contribution in [1.82, 2.24) is 15.0 Å². The number of aliphatic hydroxyl groups excluding tert-OH is 1. The Morgan fingerprint density at radius 3 is 2.23 bits per heavy atom. The zero-order valence-electron chi connectivity index (χ0n) is 12.9. The van der Waals surface area contributed by atoms with E-state index in [0.29, 0.717) is 30.9 Å². The molecule has 0 atom stereocenters. The van der Waals surface area contributed by atoms with Crippen LogP contribution in [0.5, 0.6) is 0 Å². The van der Waals surface area contributed by atoms with Crippen LogP contribution in [0.3, 0.4) is 0 Å². The fourth-order valence-corrected chi connectivity index (χ4v) is 1.80.